The third-order valence-corrected chi connectivity index (χ3v) is 5.83. The van der Waals surface area contributed by atoms with Crippen LogP contribution < -0.4 is 5.73 Å². The quantitative estimate of drug-likeness (QED) is 0.749. The Bertz CT molecular complexity index is 1020. The minimum absolute atomic E-state index is 0.0160. The summed E-state index contributed by atoms with van der Waals surface area (Å²) in [7, 11) is 0. The van der Waals surface area contributed by atoms with Crippen LogP contribution in [0.5, 0.6) is 0 Å². The van der Waals surface area contributed by atoms with Crippen LogP contribution in [0.3, 0.4) is 0 Å². The van der Waals surface area contributed by atoms with E-state index in [1.165, 1.54) is 11.1 Å². The maximum absolute atomic E-state index is 11.6. The molecule has 3 atom stereocenters. The van der Waals surface area contributed by atoms with Crippen molar-refractivity contribution in [3.8, 4) is 11.3 Å². The van der Waals surface area contributed by atoms with E-state index in [-0.39, 0.29) is 12.0 Å². The number of nitrogens with two attached hydrogens (primary N) is 1. The Hall–Kier alpha value is -2.92. The molecule has 1 aliphatic carbocycles. The van der Waals surface area contributed by atoms with Gasteiger partial charge in [-0.3, -0.25) is 4.79 Å². The molecule has 0 bridgehead atoms. The number of benzene rings is 2. The normalized spacial score (nSPS) is 23.2. The van der Waals surface area contributed by atoms with Gasteiger partial charge in [0, 0.05) is 17.0 Å². The number of primary amides is 1. The van der Waals surface area contributed by atoms with Crippen LogP contribution in [0, 0.1) is 5.92 Å². The van der Waals surface area contributed by atoms with Gasteiger partial charge in [-0.1, -0.05) is 30.3 Å². The highest BCUT2D eigenvalue weighted by molar-refractivity contribution is 5.93. The van der Waals surface area contributed by atoms with Gasteiger partial charge in [0.15, 0.2) is 0 Å². The number of hydrogen-bond acceptors (Lipinski definition) is 3. The lowest BCUT2D eigenvalue weighted by Crippen LogP contribution is -2.29. The second-order valence-corrected chi connectivity index (χ2v) is 7.14. The molecule has 5 heteroatoms. The van der Waals surface area contributed by atoms with E-state index >= 15 is 0 Å². The first-order valence-corrected chi connectivity index (χ1v) is 8.87. The van der Waals surface area contributed by atoms with Crippen LogP contribution >= 0.6 is 0 Å². The lowest BCUT2D eigenvalue weighted by atomic mass is 9.75. The van der Waals surface area contributed by atoms with Gasteiger partial charge in [-0.15, -0.1) is 0 Å². The van der Waals surface area contributed by atoms with Crippen LogP contribution in [-0.2, 0) is 6.42 Å². The number of fused-ring (bicyclic) bond motifs is 4. The number of rotatable bonds is 2. The molecule has 1 unspecified atom stereocenters. The number of amides is 1. The van der Waals surface area contributed by atoms with Crippen LogP contribution in [0.2, 0.25) is 0 Å². The predicted molar refractivity (Wildman–Crippen MR) is 97.5 cm³/mol. The average molecular weight is 345 g/mol. The van der Waals surface area contributed by atoms with Gasteiger partial charge in [-0.05, 0) is 41.7 Å². The van der Waals surface area contributed by atoms with Gasteiger partial charge in [-0.25, -0.2) is 4.98 Å². The molecule has 2 heterocycles. The zero-order chi connectivity index (χ0) is 17.8. The summed E-state index contributed by atoms with van der Waals surface area (Å²) in [6.45, 7) is 0. The molecule has 5 rings (SSSR count). The van der Waals surface area contributed by atoms with Crippen molar-refractivity contribution in [3.63, 3.8) is 0 Å². The zero-order valence-corrected chi connectivity index (χ0v) is 14.2. The standard InChI is InChI=1S/C21H19N3O2/c22-21(26)13-6-5-12-7-8-16(20(25)17(12)9-13)19-15-4-2-1-3-14(15)18-10-23-11-24(18)19/h1-6,9-11,16,19-20,25H,7-8H2,(H2,22,26)/t16-,19?,20-/m1/s1. The summed E-state index contributed by atoms with van der Waals surface area (Å²) >= 11 is 0. The molecule has 2 aliphatic rings. The van der Waals surface area contributed by atoms with Crippen LogP contribution in [0.15, 0.2) is 55.0 Å². The number of hydrogen-bond donors (Lipinski definition) is 2. The molecule has 5 nitrogen and oxygen atoms in total. The summed E-state index contributed by atoms with van der Waals surface area (Å²) in [5.74, 6) is -0.451. The van der Waals surface area contributed by atoms with Gasteiger partial charge in [0.2, 0.25) is 5.91 Å². The summed E-state index contributed by atoms with van der Waals surface area (Å²) in [4.78, 5) is 15.9. The van der Waals surface area contributed by atoms with E-state index in [1.54, 1.807) is 12.1 Å². The number of carbonyl (C=O) groups excluding carboxylic acids is 1. The van der Waals surface area contributed by atoms with Gasteiger partial charge in [0.1, 0.15) is 0 Å². The molecule has 3 N–H and O–H groups in total. The third kappa shape index (κ3) is 2.07. The fourth-order valence-electron chi connectivity index (χ4n) is 4.60. The fourth-order valence-corrected chi connectivity index (χ4v) is 4.60. The summed E-state index contributed by atoms with van der Waals surface area (Å²) in [6.07, 6.45) is 4.83. The minimum atomic E-state index is -0.649. The lowest BCUT2D eigenvalue weighted by molar-refractivity contribution is 0.0719. The topological polar surface area (TPSA) is 81.1 Å². The average Bonchev–Trinajstić information content (AvgIpc) is 3.23. The monoisotopic (exact) mass is 345 g/mol. The molecule has 2 aromatic carbocycles. The summed E-state index contributed by atoms with van der Waals surface area (Å²) < 4.78 is 2.17. The predicted octanol–water partition coefficient (Wildman–Crippen LogP) is 2.85. The number of aryl methyl sites for hydroxylation is 1. The number of aliphatic hydroxyl groups is 1. The Morgan fingerprint density at radius 3 is 2.88 bits per heavy atom. The molecule has 1 aliphatic heterocycles. The molecule has 0 radical (unpaired) electrons. The molecule has 1 amide bonds. The molecule has 0 saturated heterocycles. The van der Waals surface area contributed by atoms with E-state index < -0.39 is 12.0 Å². The van der Waals surface area contributed by atoms with Crippen molar-refractivity contribution < 1.29 is 9.90 Å². The van der Waals surface area contributed by atoms with Crippen molar-refractivity contribution in [1.82, 2.24) is 9.55 Å². The molecule has 26 heavy (non-hydrogen) atoms. The highest BCUT2D eigenvalue weighted by Crippen LogP contribution is 2.49. The number of aliphatic hydroxyl groups excluding tert-OH is 1. The Morgan fingerprint density at radius 1 is 1.19 bits per heavy atom. The van der Waals surface area contributed by atoms with Crippen molar-refractivity contribution in [2.75, 3.05) is 0 Å². The first-order chi connectivity index (χ1) is 12.6. The lowest BCUT2D eigenvalue weighted by Gasteiger charge is -2.35. The molecule has 1 aromatic heterocycles. The highest BCUT2D eigenvalue weighted by atomic mass is 16.3. The number of imidazole rings is 1. The Morgan fingerprint density at radius 2 is 2.04 bits per heavy atom. The Kier molecular flexibility index (Phi) is 3.27. The first-order valence-electron chi connectivity index (χ1n) is 8.87. The van der Waals surface area contributed by atoms with E-state index in [0.717, 1.165) is 29.7 Å². The van der Waals surface area contributed by atoms with Gasteiger partial charge < -0.3 is 15.4 Å². The Balaban J connectivity index is 1.60. The Labute approximate surface area is 151 Å². The maximum Gasteiger partial charge on any atom is 0.248 e. The summed E-state index contributed by atoms with van der Waals surface area (Å²) in [6, 6.07) is 13.8. The largest absolute Gasteiger partial charge is 0.388 e. The molecule has 0 saturated carbocycles. The molecular weight excluding hydrogens is 326 g/mol. The van der Waals surface area contributed by atoms with E-state index in [2.05, 4.69) is 21.7 Å². The SMILES string of the molecule is NC(=O)c1ccc2c(c1)[C@H](O)[C@@H](C1c3ccccc3-c3cncn31)CC2. The van der Waals surface area contributed by atoms with Gasteiger partial charge in [0.25, 0.3) is 0 Å². The first kappa shape index (κ1) is 15.3. The number of carbonyl (C=O) groups is 1. The van der Waals surface area contributed by atoms with Gasteiger partial charge in [0.05, 0.1) is 30.4 Å². The van der Waals surface area contributed by atoms with Gasteiger partial charge in [-0.2, -0.15) is 0 Å². The molecule has 3 aromatic rings. The number of nitrogens with zero attached hydrogens (tertiary/aromatic N) is 2. The highest BCUT2D eigenvalue weighted by Gasteiger charge is 2.40. The summed E-state index contributed by atoms with van der Waals surface area (Å²) in [5.41, 5.74) is 11.3. The smallest absolute Gasteiger partial charge is 0.248 e. The fraction of sp³-hybridized carbons (Fsp3) is 0.238. The second kappa shape index (κ2) is 5.54. The van der Waals surface area contributed by atoms with Crippen LogP contribution in [0.1, 0.15) is 45.6 Å². The van der Waals surface area contributed by atoms with Crippen LogP contribution in [0.4, 0.5) is 0 Å². The molecule has 0 spiro atoms. The summed E-state index contributed by atoms with van der Waals surface area (Å²) in [5, 5.41) is 11.2. The van der Waals surface area contributed by atoms with E-state index in [0.29, 0.717) is 5.56 Å². The minimum Gasteiger partial charge on any atom is -0.388 e. The van der Waals surface area contributed by atoms with Crippen molar-refractivity contribution in [3.05, 3.63) is 77.2 Å². The second-order valence-electron chi connectivity index (χ2n) is 7.14. The maximum atomic E-state index is 11.6. The zero-order valence-electron chi connectivity index (χ0n) is 14.2. The van der Waals surface area contributed by atoms with Crippen LogP contribution in [-0.4, -0.2) is 20.6 Å². The van der Waals surface area contributed by atoms with Gasteiger partial charge >= 0.3 is 0 Å². The van der Waals surface area contributed by atoms with E-state index in [1.807, 2.05) is 30.7 Å². The van der Waals surface area contributed by atoms with Crippen molar-refractivity contribution >= 4 is 5.91 Å². The van der Waals surface area contributed by atoms with E-state index in [9.17, 15) is 9.90 Å². The third-order valence-electron chi connectivity index (χ3n) is 5.83. The van der Waals surface area contributed by atoms with Crippen LogP contribution in [0.25, 0.3) is 11.3 Å². The van der Waals surface area contributed by atoms with Crippen molar-refractivity contribution in [1.29, 1.82) is 0 Å². The molecular formula is C21H19N3O2. The van der Waals surface area contributed by atoms with Crippen molar-refractivity contribution in [2.45, 2.75) is 25.0 Å². The van der Waals surface area contributed by atoms with E-state index in [4.69, 9.17) is 5.73 Å². The van der Waals surface area contributed by atoms with Crippen molar-refractivity contribution in [2.24, 2.45) is 11.7 Å². The molecule has 0 fully saturated rings. The number of aromatic nitrogens is 2. The molecule has 130 valence electrons.